The lowest BCUT2D eigenvalue weighted by molar-refractivity contribution is -0.141. The van der Waals surface area contributed by atoms with E-state index in [2.05, 4.69) is 5.32 Å². The Kier molecular flexibility index (Phi) is 9.75. The molecule has 0 bridgehead atoms. The summed E-state index contributed by atoms with van der Waals surface area (Å²) in [6.07, 6.45) is 0.626. The average Bonchev–Trinajstić information content (AvgIpc) is 2.78. The van der Waals surface area contributed by atoms with Crippen LogP contribution in [-0.4, -0.2) is 39.8 Å². The number of carbonyl (C=O) groups excluding carboxylic acids is 2. The van der Waals surface area contributed by atoms with Crippen LogP contribution in [0.3, 0.4) is 0 Å². The van der Waals surface area contributed by atoms with Crippen LogP contribution in [0.15, 0.2) is 36.4 Å². The molecule has 0 aliphatic rings. The molecule has 1 unspecified atom stereocenters. The monoisotopic (exact) mass is 469 g/mol. The molecule has 1 amide bonds. The fourth-order valence-corrected chi connectivity index (χ4v) is 3.20. The van der Waals surface area contributed by atoms with Crippen LogP contribution in [0.4, 0.5) is 0 Å². The number of ether oxygens (including phenoxy) is 4. The summed E-state index contributed by atoms with van der Waals surface area (Å²) in [5.41, 5.74) is 0.693. The molecule has 0 aliphatic heterocycles. The maximum absolute atomic E-state index is 12.5. The Balaban J connectivity index is 1.98. The number of carbonyl (C=O) groups is 2. The fourth-order valence-electron chi connectivity index (χ4n) is 2.85. The van der Waals surface area contributed by atoms with Gasteiger partial charge >= 0.3 is 5.97 Å². The molecule has 7 nitrogen and oxygen atoms in total. The fraction of sp³-hybridized carbons (Fsp3) is 0.364. The van der Waals surface area contributed by atoms with E-state index in [4.69, 9.17) is 42.1 Å². The maximum atomic E-state index is 12.5. The highest BCUT2D eigenvalue weighted by Gasteiger charge is 2.20. The zero-order chi connectivity index (χ0) is 22.8. The summed E-state index contributed by atoms with van der Waals surface area (Å²) in [7, 11) is 4.35. The van der Waals surface area contributed by atoms with Gasteiger partial charge in [-0.25, -0.2) is 0 Å². The first-order chi connectivity index (χ1) is 14.9. The van der Waals surface area contributed by atoms with Gasteiger partial charge in [0.1, 0.15) is 10.8 Å². The van der Waals surface area contributed by atoms with E-state index in [1.807, 2.05) is 0 Å². The van der Waals surface area contributed by atoms with Gasteiger partial charge in [0, 0.05) is 6.42 Å². The molecule has 0 saturated heterocycles. The normalized spacial score (nSPS) is 11.4. The van der Waals surface area contributed by atoms with E-state index in [1.165, 1.54) is 21.3 Å². The predicted octanol–water partition coefficient (Wildman–Crippen LogP) is 4.59. The van der Waals surface area contributed by atoms with Gasteiger partial charge in [-0.2, -0.15) is 0 Å². The molecule has 2 aromatic carbocycles. The molecular weight excluding hydrogens is 445 g/mol. The number of hydrogen-bond donors (Lipinski definition) is 1. The van der Waals surface area contributed by atoms with E-state index in [-0.39, 0.29) is 25.4 Å². The van der Waals surface area contributed by atoms with Gasteiger partial charge in [-0.1, -0.05) is 35.3 Å². The van der Waals surface area contributed by atoms with Crippen LogP contribution in [0, 0.1) is 0 Å². The van der Waals surface area contributed by atoms with Crippen LogP contribution in [0.1, 0.15) is 30.9 Å². The first-order valence-corrected chi connectivity index (χ1v) is 10.3. The van der Waals surface area contributed by atoms with Crippen LogP contribution in [0.2, 0.25) is 10.0 Å². The Morgan fingerprint density at radius 3 is 2.42 bits per heavy atom. The molecule has 0 aliphatic carbocycles. The van der Waals surface area contributed by atoms with Crippen molar-refractivity contribution >= 4 is 35.1 Å². The largest absolute Gasteiger partial charge is 0.493 e. The van der Waals surface area contributed by atoms with Crippen LogP contribution in [0.5, 0.6) is 17.2 Å². The SMILES string of the molecule is COC(=O)CC(NC(=O)CCCOc1cccc(Cl)c1Cl)c1ccc(OC)c(OC)c1. The van der Waals surface area contributed by atoms with Crippen molar-refractivity contribution in [3.63, 3.8) is 0 Å². The number of hydrogen-bond acceptors (Lipinski definition) is 6. The van der Waals surface area contributed by atoms with Gasteiger partial charge in [0.25, 0.3) is 0 Å². The Hall–Kier alpha value is -2.64. The number of nitrogens with one attached hydrogen (secondary N) is 1. The zero-order valence-corrected chi connectivity index (χ0v) is 19.1. The van der Waals surface area contributed by atoms with E-state index in [9.17, 15) is 9.59 Å². The second-order valence-corrected chi connectivity index (χ2v) is 7.30. The molecule has 0 saturated carbocycles. The summed E-state index contributed by atoms with van der Waals surface area (Å²) >= 11 is 12.0. The standard InChI is InChI=1S/C22H25Cl2NO6/c1-28-17-10-9-14(12-19(17)29-2)16(13-21(27)30-3)25-20(26)8-5-11-31-18-7-4-6-15(23)22(18)24/h4,6-7,9-10,12,16H,5,8,11,13H2,1-3H3,(H,25,26). The van der Waals surface area contributed by atoms with Crippen molar-refractivity contribution in [2.24, 2.45) is 0 Å². The third-order valence-corrected chi connectivity index (χ3v) is 5.27. The Morgan fingerprint density at radius 2 is 1.74 bits per heavy atom. The highest BCUT2D eigenvalue weighted by molar-refractivity contribution is 6.42. The van der Waals surface area contributed by atoms with Gasteiger partial charge in [-0.15, -0.1) is 0 Å². The number of esters is 1. The van der Waals surface area contributed by atoms with Crippen molar-refractivity contribution < 1.29 is 28.5 Å². The molecule has 0 fully saturated rings. The minimum atomic E-state index is -0.581. The first-order valence-electron chi connectivity index (χ1n) is 9.54. The summed E-state index contributed by atoms with van der Waals surface area (Å²) in [6, 6.07) is 9.72. The number of benzene rings is 2. The second kappa shape index (κ2) is 12.3. The van der Waals surface area contributed by atoms with Crippen molar-refractivity contribution in [3.05, 3.63) is 52.0 Å². The minimum absolute atomic E-state index is 0.0215. The Bertz CT molecular complexity index is 906. The van der Waals surface area contributed by atoms with Crippen LogP contribution in [-0.2, 0) is 14.3 Å². The Labute approximate surface area is 191 Å². The molecule has 1 N–H and O–H groups in total. The summed E-state index contributed by atoms with van der Waals surface area (Å²) in [5, 5.41) is 3.60. The van der Waals surface area contributed by atoms with Crippen LogP contribution in [0.25, 0.3) is 0 Å². The molecule has 31 heavy (non-hydrogen) atoms. The quantitative estimate of drug-likeness (QED) is 0.382. The molecule has 0 spiro atoms. The van der Waals surface area contributed by atoms with Gasteiger partial charge in [0.05, 0.1) is 45.4 Å². The highest BCUT2D eigenvalue weighted by atomic mass is 35.5. The van der Waals surface area contributed by atoms with Crippen LogP contribution >= 0.6 is 23.2 Å². The van der Waals surface area contributed by atoms with E-state index >= 15 is 0 Å². The van der Waals surface area contributed by atoms with Gasteiger partial charge in [-0.3, -0.25) is 9.59 Å². The highest BCUT2D eigenvalue weighted by Crippen LogP contribution is 2.32. The molecule has 2 aromatic rings. The lowest BCUT2D eigenvalue weighted by Gasteiger charge is -2.20. The number of amides is 1. The second-order valence-electron chi connectivity index (χ2n) is 6.52. The van der Waals surface area contributed by atoms with Crippen molar-refractivity contribution in [1.29, 1.82) is 0 Å². The smallest absolute Gasteiger partial charge is 0.307 e. The molecule has 1 atom stereocenters. The van der Waals surface area contributed by atoms with Crippen molar-refractivity contribution in [2.45, 2.75) is 25.3 Å². The van der Waals surface area contributed by atoms with Crippen molar-refractivity contribution in [1.82, 2.24) is 5.32 Å². The van der Waals surface area contributed by atoms with E-state index in [0.29, 0.717) is 39.3 Å². The molecular formula is C22H25Cl2NO6. The van der Waals surface area contributed by atoms with E-state index < -0.39 is 12.0 Å². The number of rotatable bonds is 11. The summed E-state index contributed by atoms with van der Waals surface area (Å²) < 4.78 is 20.9. The van der Waals surface area contributed by atoms with Gasteiger partial charge in [-0.05, 0) is 36.2 Å². The van der Waals surface area contributed by atoms with E-state index in [1.54, 1.807) is 36.4 Å². The minimum Gasteiger partial charge on any atom is -0.493 e. The molecule has 2 rings (SSSR count). The molecule has 0 heterocycles. The van der Waals surface area contributed by atoms with Crippen molar-refractivity contribution in [2.75, 3.05) is 27.9 Å². The number of halogens is 2. The molecule has 0 aromatic heterocycles. The topological polar surface area (TPSA) is 83.1 Å². The van der Waals surface area contributed by atoms with Gasteiger partial charge in [0.2, 0.25) is 5.91 Å². The third kappa shape index (κ3) is 7.22. The van der Waals surface area contributed by atoms with Gasteiger partial charge < -0.3 is 24.3 Å². The number of methoxy groups -OCH3 is 3. The summed E-state index contributed by atoms with van der Waals surface area (Å²) in [6.45, 7) is 0.283. The molecule has 9 heteroatoms. The third-order valence-electron chi connectivity index (χ3n) is 4.47. The summed E-state index contributed by atoms with van der Waals surface area (Å²) in [4.78, 5) is 24.3. The molecule has 0 radical (unpaired) electrons. The van der Waals surface area contributed by atoms with Crippen molar-refractivity contribution in [3.8, 4) is 17.2 Å². The average molecular weight is 470 g/mol. The zero-order valence-electron chi connectivity index (χ0n) is 17.6. The van der Waals surface area contributed by atoms with E-state index in [0.717, 1.165) is 0 Å². The lowest BCUT2D eigenvalue weighted by Crippen LogP contribution is -2.30. The van der Waals surface area contributed by atoms with Crippen LogP contribution < -0.4 is 19.5 Å². The Morgan fingerprint density at radius 1 is 1.00 bits per heavy atom. The maximum Gasteiger partial charge on any atom is 0.307 e. The first kappa shape index (κ1) is 24.6. The predicted molar refractivity (Wildman–Crippen MR) is 118 cm³/mol. The van der Waals surface area contributed by atoms with Gasteiger partial charge in [0.15, 0.2) is 11.5 Å². The lowest BCUT2D eigenvalue weighted by atomic mass is 10.0. The molecule has 168 valence electrons. The summed E-state index contributed by atoms with van der Waals surface area (Å²) in [5.74, 6) is 0.828.